The number of nitrogens with zero attached hydrogens (tertiary/aromatic N) is 3. The molecule has 0 bridgehead atoms. The lowest BCUT2D eigenvalue weighted by Crippen LogP contribution is -2.50. The number of piperidine rings is 1. The van der Waals surface area contributed by atoms with E-state index in [0.29, 0.717) is 32.5 Å². The first-order chi connectivity index (χ1) is 12.6. The van der Waals surface area contributed by atoms with Gasteiger partial charge in [0.1, 0.15) is 0 Å². The number of carbonyl (C=O) groups excluding carboxylic acids is 2. The van der Waals surface area contributed by atoms with Crippen molar-refractivity contribution in [3.63, 3.8) is 0 Å². The van der Waals surface area contributed by atoms with Crippen LogP contribution in [-0.2, 0) is 15.0 Å². The second-order valence-corrected chi connectivity index (χ2v) is 7.90. The number of nitrogens with one attached hydrogen (secondary N) is 1. The lowest BCUT2D eigenvalue weighted by atomic mass is 9.73. The summed E-state index contributed by atoms with van der Waals surface area (Å²) in [6, 6.07) is 7.97. The van der Waals surface area contributed by atoms with Crippen LogP contribution < -0.4 is 5.32 Å². The molecule has 6 heteroatoms. The van der Waals surface area contributed by atoms with Crippen molar-refractivity contribution in [1.82, 2.24) is 14.7 Å². The van der Waals surface area contributed by atoms with E-state index in [1.807, 2.05) is 23.1 Å². The number of anilines is 1. The molecular formula is C20H28N4O2. The van der Waals surface area contributed by atoms with Gasteiger partial charge in [0.05, 0.1) is 12.0 Å². The van der Waals surface area contributed by atoms with Crippen LogP contribution in [0.15, 0.2) is 24.3 Å². The number of likely N-dealkylation sites (tertiary alicyclic amines) is 1. The van der Waals surface area contributed by atoms with Gasteiger partial charge in [-0.3, -0.25) is 14.5 Å². The molecule has 0 atom stereocenters. The predicted molar refractivity (Wildman–Crippen MR) is 101 cm³/mol. The molecule has 3 aliphatic heterocycles. The van der Waals surface area contributed by atoms with E-state index in [2.05, 4.69) is 28.2 Å². The molecule has 4 rings (SSSR count). The van der Waals surface area contributed by atoms with Gasteiger partial charge in [-0.05, 0) is 51.0 Å². The summed E-state index contributed by atoms with van der Waals surface area (Å²) in [5.74, 6) is 0.303. The highest BCUT2D eigenvalue weighted by Gasteiger charge is 2.48. The second kappa shape index (κ2) is 7.00. The molecule has 1 spiro atoms. The molecule has 2 saturated heterocycles. The molecule has 0 saturated carbocycles. The molecule has 140 valence electrons. The minimum atomic E-state index is -0.446. The average Bonchev–Trinajstić information content (AvgIpc) is 2.78. The summed E-state index contributed by atoms with van der Waals surface area (Å²) in [5.41, 5.74) is 1.59. The van der Waals surface area contributed by atoms with Crippen molar-refractivity contribution in [2.45, 2.75) is 24.7 Å². The average molecular weight is 356 g/mol. The van der Waals surface area contributed by atoms with Crippen molar-refractivity contribution in [3.8, 4) is 0 Å². The topological polar surface area (TPSA) is 55.9 Å². The van der Waals surface area contributed by atoms with E-state index in [-0.39, 0.29) is 11.8 Å². The molecule has 3 aliphatic rings. The number of hydrogen-bond acceptors (Lipinski definition) is 4. The first-order valence-corrected chi connectivity index (χ1v) is 9.68. The Labute approximate surface area is 155 Å². The lowest BCUT2D eigenvalue weighted by molar-refractivity contribution is -0.136. The Hall–Kier alpha value is -1.92. The SMILES string of the molecule is CN1CCCN(CC(=O)N2CCC3(CC2)C(=O)Nc2ccccc23)CC1. The van der Waals surface area contributed by atoms with E-state index in [9.17, 15) is 9.59 Å². The molecule has 0 aromatic heterocycles. The van der Waals surface area contributed by atoms with Crippen molar-refractivity contribution in [3.05, 3.63) is 29.8 Å². The summed E-state index contributed by atoms with van der Waals surface area (Å²) >= 11 is 0. The number of carbonyl (C=O) groups is 2. The molecule has 26 heavy (non-hydrogen) atoms. The standard InChI is InChI=1S/C20H28N4O2/c1-22-9-4-10-23(14-13-22)15-18(25)24-11-7-20(8-12-24)16-5-2-3-6-17(16)21-19(20)26/h2-3,5-6H,4,7-15H2,1H3,(H,21,26). The fourth-order valence-corrected chi connectivity index (χ4v) is 4.56. The van der Waals surface area contributed by atoms with E-state index in [1.165, 1.54) is 0 Å². The zero-order valence-corrected chi connectivity index (χ0v) is 15.5. The molecule has 3 heterocycles. The highest BCUT2D eigenvalue weighted by atomic mass is 16.2. The number of para-hydroxylation sites is 1. The number of amides is 2. The summed E-state index contributed by atoms with van der Waals surface area (Å²) in [7, 11) is 2.14. The van der Waals surface area contributed by atoms with Crippen LogP contribution in [0.3, 0.4) is 0 Å². The quantitative estimate of drug-likeness (QED) is 0.863. The van der Waals surface area contributed by atoms with Gasteiger partial charge in [-0.25, -0.2) is 0 Å². The fourth-order valence-electron chi connectivity index (χ4n) is 4.56. The monoisotopic (exact) mass is 356 g/mol. The molecular weight excluding hydrogens is 328 g/mol. The maximum absolute atomic E-state index is 12.8. The fraction of sp³-hybridized carbons (Fsp3) is 0.600. The maximum atomic E-state index is 12.8. The number of benzene rings is 1. The first-order valence-electron chi connectivity index (χ1n) is 9.68. The lowest BCUT2D eigenvalue weighted by Gasteiger charge is -2.38. The van der Waals surface area contributed by atoms with Gasteiger partial charge in [0.15, 0.2) is 0 Å². The Kier molecular flexibility index (Phi) is 4.71. The summed E-state index contributed by atoms with van der Waals surface area (Å²) < 4.78 is 0. The highest BCUT2D eigenvalue weighted by molar-refractivity contribution is 6.06. The van der Waals surface area contributed by atoms with Gasteiger partial charge in [0.25, 0.3) is 0 Å². The molecule has 0 radical (unpaired) electrons. The summed E-state index contributed by atoms with van der Waals surface area (Å²) in [5, 5.41) is 3.02. The number of rotatable bonds is 2. The van der Waals surface area contributed by atoms with Gasteiger partial charge in [-0.1, -0.05) is 18.2 Å². The van der Waals surface area contributed by atoms with Crippen LogP contribution in [0, 0.1) is 0 Å². The molecule has 0 aliphatic carbocycles. The van der Waals surface area contributed by atoms with Crippen LogP contribution in [0.25, 0.3) is 0 Å². The van der Waals surface area contributed by atoms with E-state index in [1.54, 1.807) is 0 Å². The summed E-state index contributed by atoms with van der Waals surface area (Å²) in [6.45, 7) is 5.89. The molecule has 1 aromatic carbocycles. The Morgan fingerprint density at radius 1 is 1.08 bits per heavy atom. The molecule has 2 fully saturated rings. The minimum absolute atomic E-state index is 0.0985. The Bertz CT molecular complexity index is 697. The van der Waals surface area contributed by atoms with E-state index >= 15 is 0 Å². The third-order valence-corrected chi connectivity index (χ3v) is 6.27. The van der Waals surface area contributed by atoms with Crippen molar-refractivity contribution in [2.24, 2.45) is 0 Å². The smallest absolute Gasteiger partial charge is 0.236 e. The van der Waals surface area contributed by atoms with Crippen LogP contribution in [0.4, 0.5) is 5.69 Å². The zero-order valence-electron chi connectivity index (χ0n) is 15.5. The summed E-state index contributed by atoms with van der Waals surface area (Å²) in [4.78, 5) is 32.0. The van der Waals surface area contributed by atoms with Crippen LogP contribution in [0.2, 0.25) is 0 Å². The highest BCUT2D eigenvalue weighted by Crippen LogP contribution is 2.44. The zero-order chi connectivity index (χ0) is 18.1. The summed E-state index contributed by atoms with van der Waals surface area (Å²) in [6.07, 6.45) is 2.54. The van der Waals surface area contributed by atoms with Crippen molar-refractivity contribution < 1.29 is 9.59 Å². The van der Waals surface area contributed by atoms with Gasteiger partial charge >= 0.3 is 0 Å². The number of likely N-dealkylation sites (N-methyl/N-ethyl adjacent to an activating group) is 1. The van der Waals surface area contributed by atoms with Gasteiger partial charge in [0, 0.05) is 31.9 Å². The third kappa shape index (κ3) is 3.12. The van der Waals surface area contributed by atoms with Gasteiger partial charge in [0.2, 0.25) is 11.8 Å². The van der Waals surface area contributed by atoms with Crippen LogP contribution >= 0.6 is 0 Å². The van der Waals surface area contributed by atoms with E-state index in [4.69, 9.17) is 0 Å². The van der Waals surface area contributed by atoms with Crippen LogP contribution in [0.5, 0.6) is 0 Å². The van der Waals surface area contributed by atoms with Crippen molar-refractivity contribution in [2.75, 3.05) is 58.2 Å². The first kappa shape index (κ1) is 17.5. The maximum Gasteiger partial charge on any atom is 0.236 e. The van der Waals surface area contributed by atoms with Gasteiger partial charge in [-0.15, -0.1) is 0 Å². The van der Waals surface area contributed by atoms with Crippen LogP contribution in [0.1, 0.15) is 24.8 Å². The van der Waals surface area contributed by atoms with Gasteiger partial charge < -0.3 is 15.1 Å². The Balaban J connectivity index is 1.38. The third-order valence-electron chi connectivity index (χ3n) is 6.27. The van der Waals surface area contributed by atoms with Gasteiger partial charge in [-0.2, -0.15) is 0 Å². The van der Waals surface area contributed by atoms with Crippen molar-refractivity contribution >= 4 is 17.5 Å². The Morgan fingerprint density at radius 2 is 1.85 bits per heavy atom. The molecule has 1 N–H and O–H groups in total. The molecule has 1 aromatic rings. The molecule has 0 unspecified atom stereocenters. The normalized spacial score (nSPS) is 23.6. The van der Waals surface area contributed by atoms with Crippen LogP contribution in [-0.4, -0.2) is 79.4 Å². The van der Waals surface area contributed by atoms with Crippen molar-refractivity contribution in [1.29, 1.82) is 0 Å². The molecule has 6 nitrogen and oxygen atoms in total. The predicted octanol–water partition coefficient (Wildman–Crippen LogP) is 1.14. The van der Waals surface area contributed by atoms with E-state index < -0.39 is 5.41 Å². The minimum Gasteiger partial charge on any atom is -0.341 e. The molecule has 2 amide bonds. The Morgan fingerprint density at radius 3 is 2.65 bits per heavy atom. The number of fused-ring (bicyclic) bond motifs is 2. The second-order valence-electron chi connectivity index (χ2n) is 7.90. The van der Waals surface area contributed by atoms with E-state index in [0.717, 1.165) is 43.9 Å². The largest absolute Gasteiger partial charge is 0.341 e. The number of hydrogen-bond donors (Lipinski definition) is 1.